The molecule has 0 aliphatic heterocycles. The summed E-state index contributed by atoms with van der Waals surface area (Å²) in [5.41, 5.74) is 4.53. The highest BCUT2D eigenvalue weighted by molar-refractivity contribution is 7.98. The normalized spacial score (nSPS) is 11.8. The van der Waals surface area contributed by atoms with Crippen LogP contribution >= 0.6 is 23.4 Å². The lowest BCUT2D eigenvalue weighted by molar-refractivity contribution is -0.123. The maximum absolute atomic E-state index is 13.1. The highest BCUT2D eigenvalue weighted by Gasteiger charge is 2.24. The lowest BCUT2D eigenvalue weighted by Crippen LogP contribution is -2.47. The van der Waals surface area contributed by atoms with Gasteiger partial charge < -0.3 is 10.6 Å². The van der Waals surface area contributed by atoms with E-state index in [9.17, 15) is 9.59 Å². The second-order valence-electron chi connectivity index (χ2n) is 8.99. The molecule has 1 aromatic heterocycles. The minimum absolute atomic E-state index is 0.0634. The highest BCUT2D eigenvalue weighted by Crippen LogP contribution is 2.22. The molecular weight excluding hydrogens is 480 g/mol. The van der Waals surface area contributed by atoms with Gasteiger partial charge in [-0.25, -0.2) is 9.97 Å². The van der Waals surface area contributed by atoms with Gasteiger partial charge in [0.2, 0.25) is 5.91 Å². The maximum Gasteiger partial charge on any atom is 0.272 e. The zero-order valence-electron chi connectivity index (χ0n) is 20.5. The lowest BCUT2D eigenvalue weighted by Gasteiger charge is -2.20. The summed E-state index contributed by atoms with van der Waals surface area (Å²) in [4.78, 5) is 34.6. The van der Waals surface area contributed by atoms with E-state index in [0.717, 1.165) is 16.7 Å². The summed E-state index contributed by atoms with van der Waals surface area (Å²) < 4.78 is 0. The Morgan fingerprint density at radius 2 is 1.77 bits per heavy atom. The molecule has 0 spiro atoms. The van der Waals surface area contributed by atoms with Gasteiger partial charge in [-0.1, -0.05) is 96.9 Å². The molecule has 0 saturated carbocycles. The fourth-order valence-corrected chi connectivity index (χ4v) is 4.41. The summed E-state index contributed by atoms with van der Waals surface area (Å²) in [6, 6.07) is 15.4. The van der Waals surface area contributed by atoms with Crippen molar-refractivity contribution in [3.63, 3.8) is 0 Å². The van der Waals surface area contributed by atoms with Gasteiger partial charge in [-0.15, -0.1) is 0 Å². The fourth-order valence-electron chi connectivity index (χ4n) is 3.48. The van der Waals surface area contributed by atoms with Gasteiger partial charge in [0.1, 0.15) is 6.04 Å². The summed E-state index contributed by atoms with van der Waals surface area (Å²) in [5, 5.41) is 6.34. The number of benzene rings is 2. The van der Waals surface area contributed by atoms with Gasteiger partial charge in [0.05, 0.1) is 11.2 Å². The van der Waals surface area contributed by atoms with Gasteiger partial charge in [-0.05, 0) is 37.3 Å². The van der Waals surface area contributed by atoms with E-state index in [2.05, 4.69) is 26.7 Å². The number of nitrogens with one attached hydrogen (secondary N) is 2. The molecule has 3 aromatic rings. The Morgan fingerprint density at radius 1 is 1.03 bits per heavy atom. The summed E-state index contributed by atoms with van der Waals surface area (Å²) in [6.45, 7) is 8.45. The predicted octanol–water partition coefficient (Wildman–Crippen LogP) is 5.50. The number of rotatable bonds is 10. The van der Waals surface area contributed by atoms with Gasteiger partial charge in [0.25, 0.3) is 5.91 Å². The topological polar surface area (TPSA) is 84.0 Å². The third kappa shape index (κ3) is 8.37. The van der Waals surface area contributed by atoms with E-state index < -0.39 is 11.9 Å². The molecule has 35 heavy (non-hydrogen) atoms. The average molecular weight is 511 g/mol. The minimum Gasteiger partial charge on any atom is -0.350 e. The van der Waals surface area contributed by atoms with Crippen molar-refractivity contribution in [3.8, 4) is 0 Å². The first-order valence-corrected chi connectivity index (χ1v) is 12.9. The van der Waals surface area contributed by atoms with Gasteiger partial charge in [-0.3, -0.25) is 9.59 Å². The van der Waals surface area contributed by atoms with Crippen LogP contribution in [0.15, 0.2) is 59.9 Å². The molecule has 6 nitrogen and oxygen atoms in total. The van der Waals surface area contributed by atoms with Crippen LogP contribution in [0.3, 0.4) is 0 Å². The molecular formula is C27H31ClN4O2S. The van der Waals surface area contributed by atoms with Crippen LogP contribution in [0.25, 0.3) is 0 Å². The molecule has 1 atom stereocenters. The summed E-state index contributed by atoms with van der Waals surface area (Å²) >= 11 is 7.68. The number of thioether (sulfide) groups is 1. The van der Waals surface area contributed by atoms with Crippen molar-refractivity contribution in [2.24, 2.45) is 5.92 Å². The van der Waals surface area contributed by atoms with Gasteiger partial charge in [0.15, 0.2) is 10.9 Å². The van der Waals surface area contributed by atoms with Crippen LogP contribution in [-0.2, 0) is 17.1 Å². The number of nitrogens with zero attached hydrogens (tertiary/aromatic N) is 2. The largest absolute Gasteiger partial charge is 0.350 e. The fraction of sp³-hybridized carbons (Fsp3) is 0.333. The predicted molar refractivity (Wildman–Crippen MR) is 142 cm³/mol. The third-order valence-electron chi connectivity index (χ3n) is 5.30. The molecule has 2 aromatic carbocycles. The van der Waals surface area contributed by atoms with Crippen LogP contribution in [0.2, 0.25) is 5.02 Å². The quantitative estimate of drug-likeness (QED) is 0.278. The maximum atomic E-state index is 13.1. The molecule has 0 fully saturated rings. The number of halogens is 1. The molecule has 2 amide bonds. The van der Waals surface area contributed by atoms with Gasteiger partial charge >= 0.3 is 0 Å². The Morgan fingerprint density at radius 3 is 2.46 bits per heavy atom. The molecule has 0 bridgehead atoms. The number of hydrogen-bond acceptors (Lipinski definition) is 5. The van der Waals surface area contributed by atoms with E-state index >= 15 is 0 Å². The van der Waals surface area contributed by atoms with Crippen LogP contribution in [0, 0.1) is 19.8 Å². The van der Waals surface area contributed by atoms with Crippen molar-refractivity contribution < 1.29 is 9.59 Å². The number of aryl methyl sites for hydroxylation is 2. The first kappa shape index (κ1) is 26.7. The molecule has 184 valence electrons. The molecule has 0 aliphatic carbocycles. The van der Waals surface area contributed by atoms with Crippen molar-refractivity contribution in [1.29, 1.82) is 0 Å². The molecule has 0 aliphatic rings. The van der Waals surface area contributed by atoms with E-state index in [1.165, 1.54) is 23.5 Å². The molecule has 0 radical (unpaired) electrons. The summed E-state index contributed by atoms with van der Waals surface area (Å²) in [7, 11) is 0. The number of carbonyl (C=O) groups excluding carboxylic acids is 2. The molecule has 0 unspecified atom stereocenters. The second-order valence-corrected chi connectivity index (χ2v) is 10.3. The second kappa shape index (κ2) is 12.7. The van der Waals surface area contributed by atoms with Crippen molar-refractivity contribution in [1.82, 2.24) is 20.6 Å². The van der Waals surface area contributed by atoms with Gasteiger partial charge in [-0.2, -0.15) is 0 Å². The van der Waals surface area contributed by atoms with Crippen molar-refractivity contribution in [2.45, 2.75) is 57.6 Å². The average Bonchev–Trinajstić information content (AvgIpc) is 2.82. The molecule has 8 heteroatoms. The standard InChI is InChI=1S/C27H31ClN4O2S/c1-17(2)12-23(25(33)29-14-20-10-8-18(3)9-11-20)31-26(34)24-22(28)15-30-27(32-24)35-16-21-7-5-6-19(4)13-21/h5-11,13,15,17,23H,12,14,16H2,1-4H3,(H,29,33)(H,31,34)/t23-/m0/s1. The Balaban J connectivity index is 1.67. The van der Waals surface area contributed by atoms with Crippen LogP contribution in [0.5, 0.6) is 0 Å². The zero-order valence-corrected chi connectivity index (χ0v) is 22.0. The van der Waals surface area contributed by atoms with E-state index in [1.807, 2.05) is 70.2 Å². The Hall–Kier alpha value is -2.90. The molecule has 3 rings (SSSR count). The van der Waals surface area contributed by atoms with E-state index in [1.54, 1.807) is 0 Å². The van der Waals surface area contributed by atoms with Gasteiger partial charge in [0, 0.05) is 12.3 Å². The first-order chi connectivity index (χ1) is 16.7. The minimum atomic E-state index is -0.706. The van der Waals surface area contributed by atoms with E-state index in [4.69, 9.17) is 11.6 Å². The van der Waals surface area contributed by atoms with Crippen molar-refractivity contribution in [3.05, 3.63) is 87.7 Å². The van der Waals surface area contributed by atoms with Crippen molar-refractivity contribution >= 4 is 35.2 Å². The van der Waals surface area contributed by atoms with Crippen LogP contribution < -0.4 is 10.6 Å². The lowest BCUT2D eigenvalue weighted by atomic mass is 10.0. The number of amides is 2. The summed E-state index contributed by atoms with van der Waals surface area (Å²) in [5.74, 6) is 0.131. The summed E-state index contributed by atoms with van der Waals surface area (Å²) in [6.07, 6.45) is 1.92. The Kier molecular flexibility index (Phi) is 9.69. The van der Waals surface area contributed by atoms with E-state index in [0.29, 0.717) is 23.9 Å². The molecule has 0 saturated heterocycles. The highest BCUT2D eigenvalue weighted by atomic mass is 35.5. The van der Waals surface area contributed by atoms with Crippen molar-refractivity contribution in [2.75, 3.05) is 0 Å². The Labute approximate surface area is 216 Å². The Bertz CT molecular complexity index is 1170. The van der Waals surface area contributed by atoms with Crippen LogP contribution in [0.4, 0.5) is 0 Å². The smallest absolute Gasteiger partial charge is 0.272 e. The number of hydrogen-bond donors (Lipinski definition) is 2. The number of carbonyl (C=O) groups is 2. The SMILES string of the molecule is Cc1ccc(CNC(=O)[C@H](CC(C)C)NC(=O)c2nc(SCc3cccc(C)c3)ncc2Cl)cc1. The van der Waals surface area contributed by atoms with Crippen LogP contribution in [-0.4, -0.2) is 27.8 Å². The van der Waals surface area contributed by atoms with E-state index in [-0.39, 0.29) is 22.5 Å². The zero-order chi connectivity index (χ0) is 25.4. The van der Waals surface area contributed by atoms with Crippen LogP contribution in [0.1, 0.15) is 53.0 Å². The number of aromatic nitrogens is 2. The monoisotopic (exact) mass is 510 g/mol. The molecule has 1 heterocycles. The molecule has 2 N–H and O–H groups in total. The first-order valence-electron chi connectivity index (χ1n) is 11.6. The third-order valence-corrected chi connectivity index (χ3v) is 6.51.